The van der Waals surface area contributed by atoms with E-state index in [2.05, 4.69) is 6.07 Å². The second-order valence-electron chi connectivity index (χ2n) is 4.84. The zero-order valence-corrected chi connectivity index (χ0v) is 12.5. The van der Waals surface area contributed by atoms with Crippen LogP contribution in [0.15, 0.2) is 23.1 Å². The zero-order chi connectivity index (χ0) is 15.5. The number of thioether (sulfide) groups is 1. The highest BCUT2D eigenvalue weighted by atomic mass is 32.2. The van der Waals surface area contributed by atoms with E-state index < -0.39 is 12.7 Å². The van der Waals surface area contributed by atoms with Gasteiger partial charge in [0.15, 0.2) is 0 Å². The maximum Gasteiger partial charge on any atom is 0.401 e. The van der Waals surface area contributed by atoms with Crippen molar-refractivity contribution in [1.29, 1.82) is 5.26 Å². The van der Waals surface area contributed by atoms with Crippen LogP contribution in [0.4, 0.5) is 18.9 Å². The number of rotatable bonds is 3. The number of piperazine rings is 1. The number of halogens is 3. The summed E-state index contributed by atoms with van der Waals surface area (Å²) in [6.07, 6.45) is -2.25. The van der Waals surface area contributed by atoms with Crippen molar-refractivity contribution in [1.82, 2.24) is 4.90 Å². The molecule has 1 fully saturated rings. The Hall–Kier alpha value is -1.39. The van der Waals surface area contributed by atoms with Crippen molar-refractivity contribution in [3.05, 3.63) is 23.8 Å². The monoisotopic (exact) mass is 315 g/mol. The summed E-state index contributed by atoms with van der Waals surface area (Å²) < 4.78 is 37.1. The minimum Gasteiger partial charge on any atom is -0.368 e. The second kappa shape index (κ2) is 6.58. The number of nitrogens with zero attached hydrogens (tertiary/aromatic N) is 3. The molecule has 0 bridgehead atoms. The van der Waals surface area contributed by atoms with Crippen LogP contribution in [0, 0.1) is 11.3 Å². The summed E-state index contributed by atoms with van der Waals surface area (Å²) in [5, 5.41) is 9.32. The first kappa shape index (κ1) is 16.0. The van der Waals surface area contributed by atoms with Gasteiger partial charge in [-0.25, -0.2) is 0 Å². The smallest absolute Gasteiger partial charge is 0.368 e. The van der Waals surface area contributed by atoms with Gasteiger partial charge in [-0.2, -0.15) is 18.4 Å². The van der Waals surface area contributed by atoms with E-state index in [1.165, 1.54) is 16.7 Å². The molecule has 2 rings (SSSR count). The Kier molecular flexibility index (Phi) is 5.01. The van der Waals surface area contributed by atoms with Gasteiger partial charge >= 0.3 is 6.18 Å². The van der Waals surface area contributed by atoms with E-state index in [4.69, 9.17) is 0 Å². The van der Waals surface area contributed by atoms with E-state index >= 15 is 0 Å². The van der Waals surface area contributed by atoms with Gasteiger partial charge in [-0.3, -0.25) is 4.90 Å². The molecule has 0 aromatic heterocycles. The van der Waals surface area contributed by atoms with E-state index in [1.54, 1.807) is 0 Å². The summed E-state index contributed by atoms with van der Waals surface area (Å²) in [5.74, 6) is 0. The summed E-state index contributed by atoms with van der Waals surface area (Å²) in [7, 11) is 0. The lowest BCUT2D eigenvalue weighted by molar-refractivity contribution is -0.146. The molecule has 1 aliphatic rings. The number of hydrogen-bond donors (Lipinski definition) is 0. The van der Waals surface area contributed by atoms with E-state index in [-0.39, 0.29) is 0 Å². The SMILES string of the molecule is CSc1cccc(N2CCN(CC(F)(F)F)CC2)c1C#N. The normalized spacial score (nSPS) is 16.8. The van der Waals surface area contributed by atoms with Crippen LogP contribution in [0.3, 0.4) is 0 Å². The first-order valence-electron chi connectivity index (χ1n) is 6.56. The van der Waals surface area contributed by atoms with Crippen molar-refractivity contribution >= 4 is 17.4 Å². The summed E-state index contributed by atoms with van der Waals surface area (Å²) in [5.41, 5.74) is 1.42. The third-order valence-electron chi connectivity index (χ3n) is 3.45. The maximum atomic E-state index is 12.4. The summed E-state index contributed by atoms with van der Waals surface area (Å²) in [4.78, 5) is 4.29. The number of hydrogen-bond acceptors (Lipinski definition) is 4. The largest absolute Gasteiger partial charge is 0.401 e. The molecule has 7 heteroatoms. The van der Waals surface area contributed by atoms with Gasteiger partial charge in [0.05, 0.1) is 17.8 Å². The number of anilines is 1. The van der Waals surface area contributed by atoms with Crippen LogP contribution >= 0.6 is 11.8 Å². The molecule has 0 spiro atoms. The molecule has 1 aromatic carbocycles. The Morgan fingerprint density at radius 2 is 1.90 bits per heavy atom. The summed E-state index contributed by atoms with van der Waals surface area (Å²) >= 11 is 1.50. The Balaban J connectivity index is 2.08. The molecular weight excluding hydrogens is 299 g/mol. The molecule has 1 aromatic rings. The minimum atomic E-state index is -4.15. The highest BCUT2D eigenvalue weighted by Crippen LogP contribution is 2.30. The first-order valence-corrected chi connectivity index (χ1v) is 7.78. The highest BCUT2D eigenvalue weighted by Gasteiger charge is 2.32. The van der Waals surface area contributed by atoms with Crippen LogP contribution in [0.5, 0.6) is 0 Å². The molecule has 0 saturated carbocycles. The molecule has 0 atom stereocenters. The van der Waals surface area contributed by atoms with Gasteiger partial charge in [-0.1, -0.05) is 6.07 Å². The molecule has 21 heavy (non-hydrogen) atoms. The van der Waals surface area contributed by atoms with E-state index in [9.17, 15) is 18.4 Å². The van der Waals surface area contributed by atoms with Crippen molar-refractivity contribution < 1.29 is 13.2 Å². The maximum absolute atomic E-state index is 12.4. The van der Waals surface area contributed by atoms with Gasteiger partial charge in [0.25, 0.3) is 0 Å². The lowest BCUT2D eigenvalue weighted by Crippen LogP contribution is -2.49. The highest BCUT2D eigenvalue weighted by molar-refractivity contribution is 7.98. The molecule has 0 aliphatic carbocycles. The fourth-order valence-electron chi connectivity index (χ4n) is 2.47. The standard InChI is InChI=1S/C14H16F3N3S/c1-21-13-4-2-3-12(11(13)9-18)20-7-5-19(6-8-20)10-14(15,16)17/h2-4H,5-8,10H2,1H3. The lowest BCUT2D eigenvalue weighted by Gasteiger charge is -2.36. The molecule has 1 aliphatic heterocycles. The summed E-state index contributed by atoms with van der Waals surface area (Å²) in [6, 6.07) is 7.83. The Bertz CT molecular complexity index is 531. The topological polar surface area (TPSA) is 30.3 Å². The third-order valence-corrected chi connectivity index (χ3v) is 4.23. The first-order chi connectivity index (χ1) is 9.94. The molecule has 0 unspecified atom stereocenters. The van der Waals surface area contributed by atoms with Crippen LogP contribution in [0.2, 0.25) is 0 Å². The fourth-order valence-corrected chi connectivity index (χ4v) is 3.03. The van der Waals surface area contributed by atoms with Crippen LogP contribution < -0.4 is 4.90 Å². The van der Waals surface area contributed by atoms with Gasteiger partial charge in [0.2, 0.25) is 0 Å². The van der Waals surface area contributed by atoms with Crippen LogP contribution in [-0.4, -0.2) is 50.1 Å². The third kappa shape index (κ3) is 4.05. The van der Waals surface area contributed by atoms with Crippen molar-refractivity contribution in [2.24, 2.45) is 0 Å². The van der Waals surface area contributed by atoms with Gasteiger partial charge < -0.3 is 4.90 Å². The van der Waals surface area contributed by atoms with Gasteiger partial charge in [-0.05, 0) is 18.4 Å². The number of alkyl halides is 3. The molecule has 0 N–H and O–H groups in total. The molecular formula is C14H16F3N3S. The van der Waals surface area contributed by atoms with Crippen LogP contribution in [-0.2, 0) is 0 Å². The van der Waals surface area contributed by atoms with Gasteiger partial charge in [0, 0.05) is 31.1 Å². The number of nitriles is 1. The van der Waals surface area contributed by atoms with Crippen molar-refractivity contribution in [2.45, 2.75) is 11.1 Å². The van der Waals surface area contributed by atoms with Gasteiger partial charge in [0.1, 0.15) is 6.07 Å². The van der Waals surface area contributed by atoms with E-state index in [0.717, 1.165) is 10.6 Å². The lowest BCUT2D eigenvalue weighted by atomic mass is 10.1. The molecule has 1 heterocycles. The second-order valence-corrected chi connectivity index (χ2v) is 5.69. The van der Waals surface area contributed by atoms with Crippen molar-refractivity contribution in [3.63, 3.8) is 0 Å². The van der Waals surface area contributed by atoms with Crippen molar-refractivity contribution in [3.8, 4) is 6.07 Å². The van der Waals surface area contributed by atoms with E-state index in [1.807, 2.05) is 29.4 Å². The molecule has 0 radical (unpaired) electrons. The predicted octanol–water partition coefficient (Wildman–Crippen LogP) is 2.96. The predicted molar refractivity (Wildman–Crippen MR) is 77.6 cm³/mol. The van der Waals surface area contributed by atoms with Gasteiger partial charge in [-0.15, -0.1) is 11.8 Å². The van der Waals surface area contributed by atoms with E-state index in [0.29, 0.717) is 31.7 Å². The molecule has 114 valence electrons. The van der Waals surface area contributed by atoms with Crippen LogP contribution in [0.1, 0.15) is 5.56 Å². The molecule has 3 nitrogen and oxygen atoms in total. The fraction of sp³-hybridized carbons (Fsp3) is 0.500. The summed E-state index contributed by atoms with van der Waals surface area (Å²) in [6.45, 7) is 0.851. The Morgan fingerprint density at radius 3 is 2.43 bits per heavy atom. The quantitative estimate of drug-likeness (QED) is 0.802. The van der Waals surface area contributed by atoms with Crippen LogP contribution in [0.25, 0.3) is 0 Å². The average Bonchev–Trinajstić information content (AvgIpc) is 2.45. The zero-order valence-electron chi connectivity index (χ0n) is 11.7. The molecule has 0 amide bonds. The Labute approximate surface area is 126 Å². The average molecular weight is 315 g/mol. The number of benzene rings is 1. The molecule has 1 saturated heterocycles. The minimum absolute atomic E-state index is 0.355. The van der Waals surface area contributed by atoms with Crippen molar-refractivity contribution in [2.75, 3.05) is 43.9 Å². The Morgan fingerprint density at radius 1 is 1.24 bits per heavy atom.